The molecule has 0 amide bonds. The Balaban J connectivity index is 1.88. The van der Waals surface area contributed by atoms with Gasteiger partial charge in [0, 0.05) is 16.0 Å². The van der Waals surface area contributed by atoms with E-state index in [2.05, 4.69) is 37.8 Å². The maximum Gasteiger partial charge on any atom is 0.0884 e. The SMILES string of the molecule is C=C(N=C(c1ccc(C(C)=N)cc1)c1sc2ccccc2c1C)c1ccccc1. The fourth-order valence-corrected chi connectivity index (χ4v) is 4.58. The Morgan fingerprint density at radius 3 is 2.10 bits per heavy atom. The number of nitrogens with one attached hydrogen (secondary N) is 1. The molecular weight excluding hydrogens is 372 g/mol. The van der Waals surface area contributed by atoms with Gasteiger partial charge >= 0.3 is 0 Å². The molecule has 0 saturated heterocycles. The minimum atomic E-state index is 0.557. The number of aliphatic imine (C=N–C) groups is 1. The molecule has 1 aromatic heterocycles. The topological polar surface area (TPSA) is 36.2 Å². The van der Waals surface area contributed by atoms with Crippen molar-refractivity contribution >= 4 is 38.5 Å². The van der Waals surface area contributed by atoms with Crippen LogP contribution < -0.4 is 0 Å². The van der Waals surface area contributed by atoms with Crippen molar-refractivity contribution in [1.82, 2.24) is 0 Å². The van der Waals surface area contributed by atoms with E-state index in [0.717, 1.165) is 33.0 Å². The summed E-state index contributed by atoms with van der Waals surface area (Å²) in [5, 5.41) is 9.13. The number of rotatable bonds is 5. The zero-order valence-electron chi connectivity index (χ0n) is 16.6. The normalized spacial score (nSPS) is 11.6. The summed E-state index contributed by atoms with van der Waals surface area (Å²) in [6.45, 7) is 8.19. The predicted octanol–water partition coefficient (Wildman–Crippen LogP) is 7.11. The van der Waals surface area contributed by atoms with E-state index in [-0.39, 0.29) is 0 Å². The van der Waals surface area contributed by atoms with Crippen molar-refractivity contribution in [2.75, 3.05) is 0 Å². The second-order valence-corrected chi connectivity index (χ2v) is 8.08. The molecule has 0 saturated carbocycles. The van der Waals surface area contributed by atoms with Crippen LogP contribution in [0.5, 0.6) is 0 Å². The summed E-state index contributed by atoms with van der Waals surface area (Å²) in [6, 6.07) is 26.6. The van der Waals surface area contributed by atoms with Crippen LogP contribution in [0.3, 0.4) is 0 Å². The summed E-state index contributed by atoms with van der Waals surface area (Å²) < 4.78 is 1.25. The molecule has 3 aromatic carbocycles. The first-order valence-electron chi connectivity index (χ1n) is 9.52. The summed E-state index contributed by atoms with van der Waals surface area (Å²) in [4.78, 5) is 6.15. The van der Waals surface area contributed by atoms with Crippen LogP contribution in [-0.2, 0) is 0 Å². The molecule has 0 unspecified atom stereocenters. The number of thiophene rings is 1. The van der Waals surface area contributed by atoms with Gasteiger partial charge in [0.1, 0.15) is 0 Å². The Hall–Kier alpha value is -3.30. The predicted molar refractivity (Wildman–Crippen MR) is 127 cm³/mol. The van der Waals surface area contributed by atoms with Crippen molar-refractivity contribution in [2.45, 2.75) is 13.8 Å². The largest absolute Gasteiger partial charge is 0.305 e. The number of hydrogen-bond donors (Lipinski definition) is 1. The molecule has 3 heteroatoms. The van der Waals surface area contributed by atoms with Gasteiger partial charge in [0.25, 0.3) is 0 Å². The van der Waals surface area contributed by atoms with Crippen LogP contribution in [0.15, 0.2) is 90.4 Å². The van der Waals surface area contributed by atoms with Gasteiger partial charge in [0.15, 0.2) is 0 Å². The highest BCUT2D eigenvalue weighted by Gasteiger charge is 2.16. The lowest BCUT2D eigenvalue weighted by molar-refractivity contribution is 1.44. The van der Waals surface area contributed by atoms with Gasteiger partial charge in [-0.1, -0.05) is 79.4 Å². The van der Waals surface area contributed by atoms with Gasteiger partial charge in [-0.15, -0.1) is 11.3 Å². The minimum Gasteiger partial charge on any atom is -0.305 e. The summed E-state index contributed by atoms with van der Waals surface area (Å²) in [5.41, 5.74) is 6.41. The van der Waals surface area contributed by atoms with Crippen molar-refractivity contribution in [3.8, 4) is 0 Å². The van der Waals surface area contributed by atoms with E-state index in [0.29, 0.717) is 5.71 Å². The van der Waals surface area contributed by atoms with Crippen molar-refractivity contribution in [3.05, 3.63) is 113 Å². The highest BCUT2D eigenvalue weighted by atomic mass is 32.1. The molecule has 4 rings (SSSR count). The van der Waals surface area contributed by atoms with E-state index in [1.807, 2.05) is 54.6 Å². The Morgan fingerprint density at radius 2 is 1.45 bits per heavy atom. The van der Waals surface area contributed by atoms with Gasteiger partial charge in [-0.3, -0.25) is 0 Å². The number of hydrogen-bond acceptors (Lipinski definition) is 3. The number of aryl methyl sites for hydroxylation is 1. The van der Waals surface area contributed by atoms with E-state index in [4.69, 9.17) is 10.4 Å². The lowest BCUT2D eigenvalue weighted by atomic mass is 10.0. The summed E-state index contributed by atoms with van der Waals surface area (Å²) >= 11 is 1.76. The molecule has 142 valence electrons. The molecule has 0 atom stereocenters. The maximum absolute atomic E-state index is 7.87. The lowest BCUT2D eigenvalue weighted by Gasteiger charge is -2.10. The monoisotopic (exact) mass is 394 g/mol. The number of fused-ring (bicyclic) bond motifs is 1. The number of benzene rings is 3. The van der Waals surface area contributed by atoms with Crippen LogP contribution in [0.4, 0.5) is 0 Å². The molecule has 29 heavy (non-hydrogen) atoms. The molecule has 0 aliphatic heterocycles. The first kappa shape index (κ1) is 19.0. The Labute approximate surface area is 175 Å². The summed E-state index contributed by atoms with van der Waals surface area (Å²) in [6.07, 6.45) is 0. The fraction of sp³-hybridized carbons (Fsp3) is 0.0769. The third kappa shape index (κ3) is 3.82. The average molecular weight is 395 g/mol. The Kier molecular flexibility index (Phi) is 5.24. The van der Waals surface area contributed by atoms with Crippen LogP contribution in [0.1, 0.15) is 34.1 Å². The third-order valence-corrected chi connectivity index (χ3v) is 6.28. The van der Waals surface area contributed by atoms with Gasteiger partial charge in [-0.05, 0) is 42.0 Å². The molecule has 0 aliphatic rings. The van der Waals surface area contributed by atoms with Crippen LogP contribution in [0.2, 0.25) is 0 Å². The van der Waals surface area contributed by atoms with Gasteiger partial charge < -0.3 is 5.41 Å². The molecule has 0 bridgehead atoms. The minimum absolute atomic E-state index is 0.557. The molecule has 0 radical (unpaired) electrons. The van der Waals surface area contributed by atoms with Gasteiger partial charge in [0.05, 0.1) is 16.3 Å². The van der Waals surface area contributed by atoms with Crippen molar-refractivity contribution in [2.24, 2.45) is 4.99 Å². The van der Waals surface area contributed by atoms with Crippen molar-refractivity contribution in [1.29, 1.82) is 5.41 Å². The van der Waals surface area contributed by atoms with Gasteiger partial charge in [-0.2, -0.15) is 0 Å². The standard InChI is InChI=1S/C26H22N2S/c1-17-23-11-7-8-12-24(23)29-26(17)25(22-15-13-20(14-16-22)18(2)27)28-19(3)21-9-5-4-6-10-21/h4-16,27H,3H2,1-2H3. The van der Waals surface area contributed by atoms with E-state index in [1.54, 1.807) is 18.3 Å². The van der Waals surface area contributed by atoms with Gasteiger partial charge in [0.2, 0.25) is 0 Å². The van der Waals surface area contributed by atoms with E-state index >= 15 is 0 Å². The summed E-state index contributed by atoms with van der Waals surface area (Å²) in [5.74, 6) is 0. The first-order chi connectivity index (χ1) is 14.0. The molecule has 4 aromatic rings. The highest BCUT2D eigenvalue weighted by molar-refractivity contribution is 7.21. The average Bonchev–Trinajstić information content (AvgIpc) is 3.09. The summed E-state index contributed by atoms with van der Waals surface area (Å²) in [7, 11) is 0. The molecule has 1 N–H and O–H groups in total. The van der Waals surface area contributed by atoms with Crippen LogP contribution in [0, 0.1) is 12.3 Å². The molecule has 1 heterocycles. The Morgan fingerprint density at radius 1 is 0.828 bits per heavy atom. The van der Waals surface area contributed by atoms with E-state index in [1.165, 1.54) is 15.6 Å². The lowest BCUT2D eigenvalue weighted by Crippen LogP contribution is -2.04. The van der Waals surface area contributed by atoms with Crippen molar-refractivity contribution < 1.29 is 0 Å². The zero-order chi connectivity index (χ0) is 20.4. The van der Waals surface area contributed by atoms with Gasteiger partial charge in [-0.25, -0.2) is 4.99 Å². The molecule has 2 nitrogen and oxygen atoms in total. The maximum atomic E-state index is 7.87. The quantitative estimate of drug-likeness (QED) is 0.350. The van der Waals surface area contributed by atoms with Crippen molar-refractivity contribution in [3.63, 3.8) is 0 Å². The molecule has 0 spiro atoms. The van der Waals surface area contributed by atoms with Crippen LogP contribution in [-0.4, -0.2) is 11.4 Å². The van der Waals surface area contributed by atoms with Crippen LogP contribution >= 0.6 is 11.3 Å². The second-order valence-electron chi connectivity index (χ2n) is 7.03. The van der Waals surface area contributed by atoms with E-state index < -0.39 is 0 Å². The number of nitrogens with zero attached hydrogens (tertiary/aromatic N) is 1. The highest BCUT2D eigenvalue weighted by Crippen LogP contribution is 2.33. The van der Waals surface area contributed by atoms with E-state index in [9.17, 15) is 0 Å². The Bertz CT molecular complexity index is 1230. The first-order valence-corrected chi connectivity index (χ1v) is 10.3. The smallest absolute Gasteiger partial charge is 0.0884 e. The molecule has 0 aliphatic carbocycles. The second kappa shape index (κ2) is 7.98. The zero-order valence-corrected chi connectivity index (χ0v) is 17.4. The van der Waals surface area contributed by atoms with Crippen LogP contribution in [0.25, 0.3) is 15.8 Å². The third-order valence-electron chi connectivity index (χ3n) is 5.00. The molecule has 0 fully saturated rings. The molecular formula is C26H22N2S. The fourth-order valence-electron chi connectivity index (χ4n) is 3.35.